The van der Waals surface area contributed by atoms with E-state index < -0.39 is 0 Å². The van der Waals surface area contributed by atoms with Crippen molar-refractivity contribution in [3.8, 4) is 5.75 Å². The molecule has 4 rings (SSSR count). The van der Waals surface area contributed by atoms with E-state index in [2.05, 4.69) is 15.1 Å². The van der Waals surface area contributed by atoms with Crippen LogP contribution >= 0.6 is 0 Å². The number of benzene rings is 1. The number of rotatable bonds is 8. The smallest absolute Gasteiger partial charge is 0.238 e. The molecule has 0 aromatic heterocycles. The Labute approximate surface area is 180 Å². The van der Waals surface area contributed by atoms with Gasteiger partial charge in [0.15, 0.2) is 0 Å². The third kappa shape index (κ3) is 5.96. The number of likely N-dealkylation sites (tertiary alicyclic amines) is 2. The van der Waals surface area contributed by atoms with Gasteiger partial charge in [-0.3, -0.25) is 9.69 Å². The van der Waals surface area contributed by atoms with E-state index in [4.69, 9.17) is 9.84 Å². The average molecular weight is 416 g/mol. The Morgan fingerprint density at radius 3 is 2.57 bits per heavy atom. The second-order valence-corrected chi connectivity index (χ2v) is 9.29. The van der Waals surface area contributed by atoms with Gasteiger partial charge in [-0.25, -0.2) is 0 Å². The van der Waals surface area contributed by atoms with Gasteiger partial charge in [-0.1, -0.05) is 6.42 Å². The van der Waals surface area contributed by atoms with Gasteiger partial charge in [-0.2, -0.15) is 0 Å². The fraction of sp³-hybridized carbons (Fsp3) is 0.708. The Morgan fingerprint density at radius 2 is 1.83 bits per heavy atom. The molecule has 1 unspecified atom stereocenters. The van der Waals surface area contributed by atoms with Gasteiger partial charge >= 0.3 is 0 Å². The summed E-state index contributed by atoms with van der Waals surface area (Å²) in [7, 11) is 0. The van der Waals surface area contributed by atoms with E-state index in [9.17, 15) is 4.79 Å². The zero-order valence-electron chi connectivity index (χ0n) is 18.1. The van der Waals surface area contributed by atoms with Crippen molar-refractivity contribution in [2.24, 2.45) is 5.92 Å². The Hall–Kier alpha value is -1.63. The Morgan fingerprint density at radius 1 is 1.07 bits per heavy atom. The number of nitrogens with zero attached hydrogens (tertiary/aromatic N) is 2. The normalized spacial score (nSPS) is 28.0. The van der Waals surface area contributed by atoms with Crippen molar-refractivity contribution >= 4 is 11.6 Å². The van der Waals surface area contributed by atoms with E-state index in [1.807, 2.05) is 24.3 Å². The van der Waals surface area contributed by atoms with Crippen LogP contribution in [0.5, 0.6) is 5.75 Å². The highest BCUT2D eigenvalue weighted by molar-refractivity contribution is 5.92. The third-order valence-electron chi connectivity index (χ3n) is 6.93. The molecule has 1 aromatic rings. The van der Waals surface area contributed by atoms with Crippen molar-refractivity contribution in [1.29, 1.82) is 0 Å². The molecule has 6 heteroatoms. The predicted octanol–water partition coefficient (Wildman–Crippen LogP) is 3.12. The van der Waals surface area contributed by atoms with Crippen LogP contribution in [0.2, 0.25) is 0 Å². The summed E-state index contributed by atoms with van der Waals surface area (Å²) in [6.07, 6.45) is 9.74. The van der Waals surface area contributed by atoms with Gasteiger partial charge in [-0.05, 0) is 81.9 Å². The third-order valence-corrected chi connectivity index (χ3v) is 6.93. The number of nitrogens with one attached hydrogen (secondary N) is 1. The summed E-state index contributed by atoms with van der Waals surface area (Å²) in [6.45, 7) is 5.03. The number of amides is 1. The maximum absolute atomic E-state index is 12.4. The number of carbonyl (C=O) groups is 1. The van der Waals surface area contributed by atoms with Crippen LogP contribution in [0, 0.1) is 5.92 Å². The first kappa shape index (κ1) is 21.6. The number of hydrogen-bond donors (Lipinski definition) is 2. The molecular weight excluding hydrogens is 378 g/mol. The molecule has 30 heavy (non-hydrogen) atoms. The molecule has 3 fully saturated rings. The zero-order chi connectivity index (χ0) is 20.8. The molecule has 166 valence electrons. The fourth-order valence-electron chi connectivity index (χ4n) is 5.14. The summed E-state index contributed by atoms with van der Waals surface area (Å²) in [5.41, 5.74) is 0.816. The van der Waals surface area contributed by atoms with E-state index in [-0.39, 0.29) is 12.5 Å². The maximum Gasteiger partial charge on any atom is 0.238 e. The minimum Gasteiger partial charge on any atom is -0.490 e. The number of hydrogen-bond acceptors (Lipinski definition) is 5. The van der Waals surface area contributed by atoms with Crippen LogP contribution in [0.1, 0.15) is 51.4 Å². The van der Waals surface area contributed by atoms with Crippen molar-refractivity contribution in [2.45, 2.75) is 63.5 Å². The topological polar surface area (TPSA) is 65.0 Å². The lowest BCUT2D eigenvalue weighted by Crippen LogP contribution is -2.50. The molecule has 1 aliphatic carbocycles. The van der Waals surface area contributed by atoms with Crippen molar-refractivity contribution in [3.63, 3.8) is 0 Å². The highest BCUT2D eigenvalue weighted by Crippen LogP contribution is 2.31. The van der Waals surface area contributed by atoms with E-state index in [1.165, 1.54) is 32.4 Å². The average Bonchev–Trinajstić information content (AvgIpc) is 2.73. The zero-order valence-corrected chi connectivity index (χ0v) is 18.1. The lowest BCUT2D eigenvalue weighted by molar-refractivity contribution is -0.117. The van der Waals surface area contributed by atoms with Crippen LogP contribution in [0.3, 0.4) is 0 Å². The largest absolute Gasteiger partial charge is 0.490 e. The summed E-state index contributed by atoms with van der Waals surface area (Å²) in [6, 6.07) is 8.49. The second-order valence-electron chi connectivity index (χ2n) is 9.29. The molecule has 6 nitrogen and oxygen atoms in total. The summed E-state index contributed by atoms with van der Waals surface area (Å²) >= 11 is 0. The Bertz CT molecular complexity index is 667. The molecule has 0 radical (unpaired) electrons. The van der Waals surface area contributed by atoms with E-state index >= 15 is 0 Å². The van der Waals surface area contributed by atoms with Gasteiger partial charge < -0.3 is 20.1 Å². The first-order chi connectivity index (χ1) is 14.7. The molecule has 1 saturated carbocycles. The number of anilines is 1. The molecule has 0 spiro atoms. The Kier molecular flexibility index (Phi) is 7.63. The summed E-state index contributed by atoms with van der Waals surface area (Å²) in [5, 5.41) is 12.1. The molecule has 1 aromatic carbocycles. The fourth-order valence-corrected chi connectivity index (χ4v) is 5.14. The first-order valence-electron chi connectivity index (χ1n) is 11.8. The monoisotopic (exact) mass is 415 g/mol. The summed E-state index contributed by atoms with van der Waals surface area (Å²) in [5.74, 6) is 1.42. The van der Waals surface area contributed by atoms with Crippen LogP contribution in [-0.2, 0) is 4.79 Å². The lowest BCUT2D eigenvalue weighted by Gasteiger charge is -2.44. The summed E-state index contributed by atoms with van der Waals surface area (Å²) < 4.78 is 6.12. The molecule has 2 heterocycles. The Balaban J connectivity index is 1.17. The number of piperidine rings is 2. The number of aliphatic hydroxyl groups is 1. The maximum atomic E-state index is 12.4. The molecule has 3 aliphatic rings. The first-order valence-corrected chi connectivity index (χ1v) is 11.8. The van der Waals surface area contributed by atoms with Gasteiger partial charge in [0.1, 0.15) is 11.9 Å². The van der Waals surface area contributed by atoms with Crippen molar-refractivity contribution in [3.05, 3.63) is 24.3 Å². The van der Waals surface area contributed by atoms with Crippen LogP contribution in [0.15, 0.2) is 24.3 Å². The second kappa shape index (κ2) is 10.6. The molecule has 1 amide bonds. The summed E-state index contributed by atoms with van der Waals surface area (Å²) in [4.78, 5) is 17.2. The molecule has 1 atom stereocenters. The van der Waals surface area contributed by atoms with Crippen LogP contribution in [0.4, 0.5) is 5.69 Å². The lowest BCUT2D eigenvalue weighted by atomic mass is 9.86. The number of ether oxygens (including phenoxy) is 1. The minimum absolute atomic E-state index is 0.0247. The van der Waals surface area contributed by atoms with Gasteiger partial charge in [-0.15, -0.1) is 0 Å². The molecule has 0 bridgehead atoms. The number of aliphatic hydroxyl groups excluding tert-OH is 1. The highest BCUT2D eigenvalue weighted by atomic mass is 16.5. The molecular formula is C24H37N3O3. The van der Waals surface area contributed by atoms with Crippen molar-refractivity contribution < 1.29 is 14.6 Å². The standard InChI is InChI=1S/C24H37N3O3/c28-14-10-19-5-4-11-26(17-19)18-24(29)25-20-6-8-22(9-7-20)30-23-15-21(16-23)27-12-2-1-3-13-27/h6-9,19,21,23,28H,1-5,10-18H2,(H,25,29). The van der Waals surface area contributed by atoms with E-state index in [0.717, 1.165) is 56.6 Å². The van der Waals surface area contributed by atoms with E-state index in [0.29, 0.717) is 24.6 Å². The van der Waals surface area contributed by atoms with E-state index in [1.54, 1.807) is 0 Å². The van der Waals surface area contributed by atoms with Crippen LogP contribution in [0.25, 0.3) is 0 Å². The van der Waals surface area contributed by atoms with Gasteiger partial charge in [0.25, 0.3) is 0 Å². The predicted molar refractivity (Wildman–Crippen MR) is 119 cm³/mol. The van der Waals surface area contributed by atoms with Crippen molar-refractivity contribution in [2.75, 3.05) is 44.6 Å². The quantitative estimate of drug-likeness (QED) is 0.683. The van der Waals surface area contributed by atoms with Gasteiger partial charge in [0.05, 0.1) is 6.54 Å². The van der Waals surface area contributed by atoms with Gasteiger partial charge in [0, 0.05) is 37.7 Å². The SMILES string of the molecule is O=C(CN1CCCC(CCO)C1)Nc1ccc(OC2CC(N3CCCCC3)C2)cc1. The number of carbonyl (C=O) groups excluding carboxylic acids is 1. The minimum atomic E-state index is 0.0247. The van der Waals surface area contributed by atoms with Crippen LogP contribution in [-0.4, -0.2) is 72.3 Å². The van der Waals surface area contributed by atoms with Crippen LogP contribution < -0.4 is 10.1 Å². The van der Waals surface area contributed by atoms with Crippen molar-refractivity contribution in [1.82, 2.24) is 9.80 Å². The van der Waals surface area contributed by atoms with Gasteiger partial charge in [0.2, 0.25) is 5.91 Å². The molecule has 2 N–H and O–H groups in total. The highest BCUT2D eigenvalue weighted by Gasteiger charge is 2.35. The molecule has 2 aliphatic heterocycles. The molecule has 2 saturated heterocycles.